The van der Waals surface area contributed by atoms with Gasteiger partial charge >= 0.3 is 5.69 Å². The summed E-state index contributed by atoms with van der Waals surface area (Å²) in [6, 6.07) is 7.37. The van der Waals surface area contributed by atoms with Crippen molar-refractivity contribution in [3.8, 4) is 5.69 Å². The zero-order valence-corrected chi connectivity index (χ0v) is 15.6. The van der Waals surface area contributed by atoms with Crippen molar-refractivity contribution in [3.05, 3.63) is 63.5 Å². The maximum atomic E-state index is 12.3. The number of carbonyl (C=O) groups is 1. The van der Waals surface area contributed by atoms with Crippen molar-refractivity contribution in [2.24, 2.45) is 5.73 Å². The lowest BCUT2D eigenvalue weighted by molar-refractivity contribution is -0.121. The maximum Gasteiger partial charge on any atom is 0.352 e. The van der Waals surface area contributed by atoms with Crippen LogP contribution in [0.25, 0.3) is 11.8 Å². The van der Waals surface area contributed by atoms with E-state index in [0.717, 1.165) is 22.5 Å². The normalized spacial score (nSPS) is 12.4. The fraction of sp³-hybridized carbons (Fsp3) is 0.263. The number of aromatic nitrogens is 2. The Balaban J connectivity index is 1.65. The summed E-state index contributed by atoms with van der Waals surface area (Å²) in [5.41, 5.74) is 9.16. The summed E-state index contributed by atoms with van der Waals surface area (Å²) in [6.07, 6.45) is 4.00. The van der Waals surface area contributed by atoms with Gasteiger partial charge in [-0.05, 0) is 30.7 Å². The monoisotopic (exact) mass is 381 g/mol. The lowest BCUT2D eigenvalue weighted by Gasteiger charge is -2.16. The number of hydrogen-bond acceptors (Lipinski definition) is 5. The zero-order chi connectivity index (χ0) is 20.1. The second-order valence-corrected chi connectivity index (χ2v) is 6.51. The van der Waals surface area contributed by atoms with Crippen molar-refractivity contribution < 1.29 is 4.79 Å². The maximum absolute atomic E-state index is 12.3. The molecular formula is C19H23N7O2. The summed E-state index contributed by atoms with van der Waals surface area (Å²) in [4.78, 5) is 28.3. The first-order valence-electron chi connectivity index (χ1n) is 8.91. The summed E-state index contributed by atoms with van der Waals surface area (Å²) < 4.78 is 1.52. The third kappa shape index (κ3) is 4.76. The van der Waals surface area contributed by atoms with Crippen molar-refractivity contribution in [3.63, 3.8) is 0 Å². The van der Waals surface area contributed by atoms with E-state index in [-0.39, 0.29) is 24.0 Å². The second kappa shape index (κ2) is 8.38. The van der Waals surface area contributed by atoms with E-state index in [1.807, 2.05) is 37.3 Å². The van der Waals surface area contributed by atoms with Crippen LogP contribution in [0.2, 0.25) is 0 Å². The minimum atomic E-state index is -0.326. The summed E-state index contributed by atoms with van der Waals surface area (Å²) >= 11 is 0. The van der Waals surface area contributed by atoms with Gasteiger partial charge in [-0.25, -0.2) is 4.79 Å². The van der Waals surface area contributed by atoms with Gasteiger partial charge in [0.25, 0.3) is 0 Å². The SMILES string of the molecule is CC1=Cc2cn(-c3ccc(CNC(=O)CCNC(=N)N)cc3)c(=O)nc2CN1. The summed E-state index contributed by atoms with van der Waals surface area (Å²) in [5, 5.41) is 15.6. The Morgan fingerprint density at radius 2 is 2.07 bits per heavy atom. The zero-order valence-electron chi connectivity index (χ0n) is 15.6. The number of nitrogens with zero attached hydrogens (tertiary/aromatic N) is 2. The fourth-order valence-corrected chi connectivity index (χ4v) is 2.83. The Morgan fingerprint density at radius 1 is 1.32 bits per heavy atom. The van der Waals surface area contributed by atoms with E-state index in [9.17, 15) is 9.59 Å². The van der Waals surface area contributed by atoms with Crippen molar-refractivity contribution in [1.82, 2.24) is 25.5 Å². The van der Waals surface area contributed by atoms with Crippen molar-refractivity contribution in [2.45, 2.75) is 26.4 Å². The van der Waals surface area contributed by atoms with Gasteiger partial charge in [-0.15, -0.1) is 0 Å². The summed E-state index contributed by atoms with van der Waals surface area (Å²) in [5.74, 6) is -0.291. The van der Waals surface area contributed by atoms with Gasteiger partial charge in [-0.2, -0.15) is 4.98 Å². The molecule has 0 atom stereocenters. The number of carbonyl (C=O) groups excluding carboxylic acids is 1. The fourth-order valence-electron chi connectivity index (χ4n) is 2.83. The average molecular weight is 381 g/mol. The number of amides is 1. The first-order valence-corrected chi connectivity index (χ1v) is 8.91. The molecule has 0 spiro atoms. The van der Waals surface area contributed by atoms with E-state index in [4.69, 9.17) is 11.1 Å². The molecule has 6 N–H and O–H groups in total. The predicted octanol–water partition coefficient (Wildman–Crippen LogP) is 0.186. The highest BCUT2D eigenvalue weighted by molar-refractivity contribution is 5.78. The Bertz CT molecular complexity index is 977. The van der Waals surface area contributed by atoms with Crippen LogP contribution in [-0.2, 0) is 17.9 Å². The third-order valence-electron chi connectivity index (χ3n) is 4.32. The van der Waals surface area contributed by atoms with Crippen LogP contribution in [0.5, 0.6) is 0 Å². The second-order valence-electron chi connectivity index (χ2n) is 6.51. The smallest absolute Gasteiger partial charge is 0.352 e. The molecule has 9 nitrogen and oxygen atoms in total. The minimum Gasteiger partial charge on any atom is -0.383 e. The predicted molar refractivity (Wildman–Crippen MR) is 107 cm³/mol. The molecule has 1 amide bonds. The van der Waals surface area contributed by atoms with Crippen LogP contribution in [0.15, 0.2) is 41.0 Å². The molecule has 0 saturated carbocycles. The lowest BCUT2D eigenvalue weighted by atomic mass is 10.1. The number of nitrogens with one attached hydrogen (secondary N) is 4. The first kappa shape index (κ1) is 19.2. The molecule has 2 aromatic rings. The quantitative estimate of drug-likeness (QED) is 0.358. The molecule has 1 aromatic heterocycles. The molecular weight excluding hydrogens is 358 g/mol. The van der Waals surface area contributed by atoms with Crippen molar-refractivity contribution in [2.75, 3.05) is 6.54 Å². The van der Waals surface area contributed by atoms with Crippen molar-refractivity contribution in [1.29, 1.82) is 5.41 Å². The molecule has 1 aromatic carbocycles. The molecule has 3 rings (SSSR count). The topological polar surface area (TPSA) is 138 Å². The molecule has 0 radical (unpaired) electrons. The van der Waals surface area contributed by atoms with E-state index < -0.39 is 0 Å². The number of fused-ring (bicyclic) bond motifs is 1. The summed E-state index contributed by atoms with van der Waals surface area (Å²) in [7, 11) is 0. The van der Waals surface area contributed by atoms with E-state index in [1.165, 1.54) is 4.57 Å². The third-order valence-corrected chi connectivity index (χ3v) is 4.32. The molecule has 1 aliphatic heterocycles. The van der Waals surface area contributed by atoms with Gasteiger partial charge in [0.05, 0.1) is 17.9 Å². The first-order chi connectivity index (χ1) is 13.4. The van der Waals surface area contributed by atoms with Crippen LogP contribution in [-0.4, -0.2) is 28.0 Å². The molecule has 0 saturated heterocycles. The van der Waals surface area contributed by atoms with E-state index in [0.29, 0.717) is 25.3 Å². The Kier molecular flexibility index (Phi) is 5.73. The van der Waals surface area contributed by atoms with Crippen LogP contribution in [0.1, 0.15) is 30.2 Å². The molecule has 0 bridgehead atoms. The number of nitrogens with two attached hydrogens (primary N) is 1. The van der Waals surface area contributed by atoms with Gasteiger partial charge in [0.1, 0.15) is 0 Å². The highest BCUT2D eigenvalue weighted by atomic mass is 16.2. The van der Waals surface area contributed by atoms with Gasteiger partial charge in [-0.1, -0.05) is 12.1 Å². The molecule has 146 valence electrons. The number of benzene rings is 1. The largest absolute Gasteiger partial charge is 0.383 e. The highest BCUT2D eigenvalue weighted by Gasteiger charge is 2.12. The van der Waals surface area contributed by atoms with Gasteiger partial charge in [0.2, 0.25) is 5.91 Å². The lowest BCUT2D eigenvalue weighted by Crippen LogP contribution is -2.34. The molecule has 0 fully saturated rings. The summed E-state index contributed by atoms with van der Waals surface area (Å²) in [6.45, 7) is 3.22. The molecule has 9 heteroatoms. The number of rotatable bonds is 6. The van der Waals surface area contributed by atoms with Gasteiger partial charge in [0.15, 0.2) is 5.96 Å². The van der Waals surface area contributed by atoms with E-state index in [1.54, 1.807) is 6.20 Å². The standard InChI is InChI=1S/C19H23N7O2/c1-12-8-14-11-26(19(28)25-16(14)10-23-12)15-4-2-13(3-5-15)9-24-17(27)6-7-22-18(20)21/h2-5,8,11,23H,6-7,9-10H2,1H3,(H,24,27)(H4,20,21,22). The molecule has 2 heterocycles. The Labute approximate surface area is 162 Å². The van der Waals surface area contributed by atoms with Crippen LogP contribution in [0, 0.1) is 5.41 Å². The van der Waals surface area contributed by atoms with Crippen LogP contribution in [0.4, 0.5) is 0 Å². The van der Waals surface area contributed by atoms with Crippen LogP contribution in [0.3, 0.4) is 0 Å². The van der Waals surface area contributed by atoms with Gasteiger partial charge in [0, 0.05) is 37.0 Å². The Hall–Kier alpha value is -3.62. The number of hydrogen-bond donors (Lipinski definition) is 5. The van der Waals surface area contributed by atoms with Crippen LogP contribution < -0.4 is 27.4 Å². The van der Waals surface area contributed by atoms with Crippen molar-refractivity contribution >= 4 is 17.9 Å². The molecule has 1 aliphatic rings. The van der Waals surface area contributed by atoms with E-state index >= 15 is 0 Å². The van der Waals surface area contributed by atoms with E-state index in [2.05, 4.69) is 20.9 Å². The minimum absolute atomic E-state index is 0.135. The van der Waals surface area contributed by atoms with Crippen LogP contribution >= 0.6 is 0 Å². The van der Waals surface area contributed by atoms with Gasteiger partial charge in [-0.3, -0.25) is 14.8 Å². The average Bonchev–Trinajstić information content (AvgIpc) is 2.66. The molecule has 0 unspecified atom stereocenters. The number of allylic oxidation sites excluding steroid dienone is 1. The number of guanidine groups is 1. The molecule has 0 aliphatic carbocycles. The van der Waals surface area contributed by atoms with Gasteiger partial charge < -0.3 is 21.7 Å². The highest BCUT2D eigenvalue weighted by Crippen LogP contribution is 2.16. The Morgan fingerprint density at radius 3 is 2.79 bits per heavy atom. The molecule has 28 heavy (non-hydrogen) atoms.